The summed E-state index contributed by atoms with van der Waals surface area (Å²) < 4.78 is 32.5. The van der Waals surface area contributed by atoms with Crippen LogP contribution in [0.4, 0.5) is 0 Å². The Morgan fingerprint density at radius 1 is 1.36 bits per heavy atom. The van der Waals surface area contributed by atoms with E-state index >= 15 is 0 Å². The predicted octanol–water partition coefficient (Wildman–Crippen LogP) is 2.52. The average molecular weight is 370 g/mol. The molecule has 3 atom stereocenters. The number of carboxylic acid groups (broad SMARTS) is 1. The fourth-order valence-corrected chi connectivity index (χ4v) is 5.94. The fourth-order valence-electron chi connectivity index (χ4n) is 4.02. The maximum absolute atomic E-state index is 13.0. The third-order valence-corrected chi connectivity index (χ3v) is 7.09. The van der Waals surface area contributed by atoms with Crippen LogP contribution in [0.3, 0.4) is 0 Å². The Hall–Kier alpha value is -1.41. The second-order valence-electron chi connectivity index (χ2n) is 8.22. The first kappa shape index (κ1) is 18.4. The fraction of sp³-hybridized carbons (Fsp3) is 0.765. The van der Waals surface area contributed by atoms with Gasteiger partial charge in [-0.3, -0.25) is 4.79 Å². The zero-order chi connectivity index (χ0) is 18.4. The molecule has 8 heteroatoms. The molecule has 1 aliphatic heterocycles. The minimum absolute atomic E-state index is 0.145. The number of fused-ring (bicyclic) bond motifs is 1. The van der Waals surface area contributed by atoms with Gasteiger partial charge in [0, 0.05) is 17.5 Å². The maximum atomic E-state index is 13.0. The summed E-state index contributed by atoms with van der Waals surface area (Å²) >= 11 is 0. The number of aliphatic carboxylic acids is 1. The van der Waals surface area contributed by atoms with Crippen molar-refractivity contribution in [3.05, 3.63) is 17.5 Å². The molecule has 3 rings (SSSR count). The molecule has 2 fully saturated rings. The first-order valence-corrected chi connectivity index (χ1v) is 10.4. The van der Waals surface area contributed by atoms with Gasteiger partial charge in [0.05, 0.1) is 0 Å². The van der Waals surface area contributed by atoms with E-state index in [1.54, 1.807) is 6.07 Å². The molecule has 1 saturated carbocycles. The van der Waals surface area contributed by atoms with Crippen LogP contribution in [0, 0.1) is 5.92 Å². The molecule has 0 spiro atoms. The van der Waals surface area contributed by atoms with Crippen LogP contribution in [0.2, 0.25) is 0 Å². The van der Waals surface area contributed by atoms with Gasteiger partial charge in [-0.05, 0) is 25.2 Å². The van der Waals surface area contributed by atoms with Gasteiger partial charge in [-0.25, -0.2) is 8.42 Å². The van der Waals surface area contributed by atoms with E-state index in [0.717, 1.165) is 25.7 Å². The molecule has 0 bridgehead atoms. The molecule has 3 unspecified atom stereocenters. The summed E-state index contributed by atoms with van der Waals surface area (Å²) in [6.07, 6.45) is 4.03. The van der Waals surface area contributed by atoms with Crippen molar-refractivity contribution >= 4 is 16.0 Å². The molecule has 1 aliphatic carbocycles. The highest BCUT2D eigenvalue weighted by atomic mass is 32.2. The molecule has 1 saturated heterocycles. The average Bonchev–Trinajstić information content (AvgIpc) is 3.10. The van der Waals surface area contributed by atoms with Crippen LogP contribution in [-0.4, -0.2) is 41.0 Å². The Morgan fingerprint density at radius 3 is 2.64 bits per heavy atom. The summed E-state index contributed by atoms with van der Waals surface area (Å²) in [6.45, 7) is 5.87. The van der Waals surface area contributed by atoms with Crippen molar-refractivity contribution in [2.45, 2.75) is 76.1 Å². The largest absolute Gasteiger partial charge is 0.480 e. The third-order valence-electron chi connectivity index (χ3n) is 5.26. The van der Waals surface area contributed by atoms with Crippen LogP contribution in [-0.2, 0) is 26.0 Å². The quantitative estimate of drug-likeness (QED) is 0.874. The van der Waals surface area contributed by atoms with Crippen molar-refractivity contribution in [3.63, 3.8) is 0 Å². The smallest absolute Gasteiger partial charge is 0.322 e. The molecule has 1 aromatic rings. The second-order valence-corrected chi connectivity index (χ2v) is 10.1. The van der Waals surface area contributed by atoms with Gasteiger partial charge in [-0.15, -0.1) is 0 Å². The highest BCUT2D eigenvalue weighted by Gasteiger charge is 2.50. The van der Waals surface area contributed by atoms with Gasteiger partial charge >= 0.3 is 5.97 Å². The van der Waals surface area contributed by atoms with E-state index in [1.807, 2.05) is 20.8 Å². The Labute approximate surface area is 148 Å². The number of hydrogen-bond donors (Lipinski definition) is 1. The van der Waals surface area contributed by atoms with Gasteiger partial charge in [0.1, 0.15) is 23.2 Å². The van der Waals surface area contributed by atoms with Gasteiger partial charge in [0.15, 0.2) is 0 Å². The molecular formula is C17H26N2O5S. The van der Waals surface area contributed by atoms with Crippen LogP contribution in [0.1, 0.15) is 64.3 Å². The molecule has 2 aliphatic rings. The predicted molar refractivity (Wildman–Crippen MR) is 91.5 cm³/mol. The molecule has 1 N–H and O–H groups in total. The van der Waals surface area contributed by atoms with E-state index in [0.29, 0.717) is 17.9 Å². The number of hydrogen-bond acceptors (Lipinski definition) is 5. The van der Waals surface area contributed by atoms with E-state index in [2.05, 4.69) is 5.16 Å². The summed E-state index contributed by atoms with van der Waals surface area (Å²) in [5, 5.41) is 13.4. The highest BCUT2D eigenvalue weighted by Crippen LogP contribution is 2.42. The summed E-state index contributed by atoms with van der Waals surface area (Å²) in [5.41, 5.74) is 0.0640. The first-order valence-electron chi connectivity index (χ1n) is 8.79. The summed E-state index contributed by atoms with van der Waals surface area (Å²) in [5.74, 6) is -0.621. The minimum Gasteiger partial charge on any atom is -0.480 e. The molecule has 2 heterocycles. The molecular weight excluding hydrogens is 344 g/mol. The molecule has 25 heavy (non-hydrogen) atoms. The lowest BCUT2D eigenvalue weighted by atomic mass is 9.85. The van der Waals surface area contributed by atoms with Crippen LogP contribution in [0.25, 0.3) is 0 Å². The zero-order valence-electron chi connectivity index (χ0n) is 14.9. The highest BCUT2D eigenvalue weighted by molar-refractivity contribution is 7.88. The van der Waals surface area contributed by atoms with Gasteiger partial charge in [0.25, 0.3) is 0 Å². The second kappa shape index (κ2) is 6.39. The topological polar surface area (TPSA) is 101 Å². The minimum atomic E-state index is -3.78. The number of aromatic nitrogens is 1. The van der Waals surface area contributed by atoms with E-state index in [-0.39, 0.29) is 23.1 Å². The van der Waals surface area contributed by atoms with Gasteiger partial charge in [-0.2, -0.15) is 4.31 Å². The summed E-state index contributed by atoms with van der Waals surface area (Å²) in [6, 6.07) is 0.489. The Morgan fingerprint density at radius 2 is 2.04 bits per heavy atom. The number of carbonyl (C=O) groups is 1. The molecule has 140 valence electrons. The van der Waals surface area contributed by atoms with Gasteiger partial charge in [0.2, 0.25) is 10.0 Å². The molecule has 1 aromatic heterocycles. The number of nitrogens with zero attached hydrogens (tertiary/aromatic N) is 2. The lowest BCUT2D eigenvalue weighted by Crippen LogP contribution is -2.46. The van der Waals surface area contributed by atoms with Crippen LogP contribution in [0.15, 0.2) is 10.6 Å². The lowest BCUT2D eigenvalue weighted by molar-refractivity contribution is -0.141. The number of carboxylic acids is 1. The summed E-state index contributed by atoms with van der Waals surface area (Å²) in [4.78, 5) is 11.6. The summed E-state index contributed by atoms with van der Waals surface area (Å²) in [7, 11) is -3.78. The number of rotatable bonds is 4. The first-order chi connectivity index (χ1) is 11.6. The standard InChI is InChI=1S/C17H26N2O5S/c1-17(2,3)15-9-12(18-24-15)10-25(22,23)19-13-7-5-4-6-11(13)8-14(19)16(20)21/h9,11,13-14H,4-8,10H2,1-3H3,(H,20,21). The van der Waals surface area contributed by atoms with E-state index < -0.39 is 22.0 Å². The zero-order valence-corrected chi connectivity index (χ0v) is 15.8. The van der Waals surface area contributed by atoms with Crippen molar-refractivity contribution in [1.82, 2.24) is 9.46 Å². The third kappa shape index (κ3) is 3.60. The van der Waals surface area contributed by atoms with Crippen LogP contribution in [0.5, 0.6) is 0 Å². The van der Waals surface area contributed by atoms with Crippen molar-refractivity contribution in [1.29, 1.82) is 0 Å². The van der Waals surface area contributed by atoms with Crippen molar-refractivity contribution in [3.8, 4) is 0 Å². The normalized spacial score (nSPS) is 28.0. The molecule has 7 nitrogen and oxygen atoms in total. The Balaban J connectivity index is 1.86. The van der Waals surface area contributed by atoms with Crippen molar-refractivity contribution in [2.75, 3.05) is 0 Å². The van der Waals surface area contributed by atoms with Crippen molar-refractivity contribution in [2.24, 2.45) is 5.92 Å². The SMILES string of the molecule is CC(C)(C)c1cc(CS(=O)(=O)N2C(C(=O)O)CC3CCCCC32)no1. The van der Waals surface area contributed by atoms with Crippen molar-refractivity contribution < 1.29 is 22.8 Å². The van der Waals surface area contributed by atoms with Crippen LogP contribution < -0.4 is 0 Å². The Bertz CT molecular complexity index is 749. The van der Waals surface area contributed by atoms with Crippen LogP contribution >= 0.6 is 0 Å². The Kier molecular flexibility index (Phi) is 4.70. The van der Waals surface area contributed by atoms with E-state index in [1.165, 1.54) is 4.31 Å². The lowest BCUT2D eigenvalue weighted by Gasteiger charge is -2.31. The monoisotopic (exact) mass is 370 g/mol. The van der Waals surface area contributed by atoms with E-state index in [9.17, 15) is 18.3 Å². The molecule has 0 radical (unpaired) electrons. The number of sulfonamides is 1. The molecule has 0 amide bonds. The van der Waals surface area contributed by atoms with E-state index in [4.69, 9.17) is 4.52 Å². The molecule has 0 aromatic carbocycles. The maximum Gasteiger partial charge on any atom is 0.322 e. The van der Waals surface area contributed by atoms with Gasteiger partial charge < -0.3 is 9.63 Å². The van der Waals surface area contributed by atoms with Gasteiger partial charge in [-0.1, -0.05) is 38.8 Å².